The van der Waals surface area contributed by atoms with E-state index in [1.165, 1.54) is 5.56 Å². The Labute approximate surface area is 116 Å². The number of rotatable bonds is 4. The van der Waals surface area contributed by atoms with Crippen LogP contribution in [0.5, 0.6) is 0 Å². The molecule has 94 valence electrons. The van der Waals surface area contributed by atoms with E-state index in [1.807, 2.05) is 24.3 Å². The molecule has 0 saturated heterocycles. The molecule has 2 rings (SSSR count). The van der Waals surface area contributed by atoms with Gasteiger partial charge in [-0.2, -0.15) is 0 Å². The van der Waals surface area contributed by atoms with Gasteiger partial charge in [-0.25, -0.2) is 4.98 Å². The van der Waals surface area contributed by atoms with Crippen LogP contribution in [0.1, 0.15) is 12.5 Å². The van der Waals surface area contributed by atoms with Crippen molar-refractivity contribution in [2.45, 2.75) is 13.8 Å². The van der Waals surface area contributed by atoms with E-state index in [0.29, 0.717) is 0 Å². The lowest BCUT2D eigenvalue weighted by Gasteiger charge is -2.10. The number of aryl methyl sites for hydroxylation is 1. The van der Waals surface area contributed by atoms with Crippen molar-refractivity contribution in [1.82, 2.24) is 4.98 Å². The maximum absolute atomic E-state index is 4.49. The first-order chi connectivity index (χ1) is 8.69. The number of nitrogens with one attached hydrogen (secondary N) is 2. The van der Waals surface area contributed by atoms with Gasteiger partial charge in [-0.05, 0) is 43.7 Å². The molecule has 0 bridgehead atoms. The van der Waals surface area contributed by atoms with Crippen LogP contribution in [0.15, 0.2) is 40.9 Å². The quantitative estimate of drug-likeness (QED) is 0.883. The van der Waals surface area contributed by atoms with Gasteiger partial charge in [0.2, 0.25) is 0 Å². The van der Waals surface area contributed by atoms with Crippen molar-refractivity contribution in [3.8, 4) is 0 Å². The van der Waals surface area contributed by atoms with Crippen LogP contribution in [0.2, 0.25) is 0 Å². The lowest BCUT2D eigenvalue weighted by atomic mass is 10.2. The molecule has 0 fully saturated rings. The summed E-state index contributed by atoms with van der Waals surface area (Å²) in [7, 11) is 0. The van der Waals surface area contributed by atoms with Crippen LogP contribution in [-0.2, 0) is 0 Å². The minimum atomic E-state index is 0.842. The van der Waals surface area contributed by atoms with Crippen molar-refractivity contribution in [3.63, 3.8) is 0 Å². The third-order valence-corrected chi connectivity index (χ3v) is 3.06. The summed E-state index contributed by atoms with van der Waals surface area (Å²) in [5.41, 5.74) is 2.25. The Balaban J connectivity index is 2.22. The minimum absolute atomic E-state index is 0.842. The van der Waals surface area contributed by atoms with E-state index < -0.39 is 0 Å². The number of hydrogen-bond acceptors (Lipinski definition) is 3. The van der Waals surface area contributed by atoms with Crippen LogP contribution in [-0.4, -0.2) is 11.5 Å². The molecular weight excluding hydrogens is 290 g/mol. The maximum atomic E-state index is 4.49. The van der Waals surface area contributed by atoms with Crippen LogP contribution in [0.4, 0.5) is 17.3 Å². The van der Waals surface area contributed by atoms with Crippen LogP contribution in [0, 0.1) is 6.92 Å². The molecule has 0 unspecified atom stereocenters. The smallest absolute Gasteiger partial charge is 0.132 e. The molecule has 18 heavy (non-hydrogen) atoms. The Kier molecular flexibility index (Phi) is 4.20. The minimum Gasteiger partial charge on any atom is -0.370 e. The fourth-order valence-electron chi connectivity index (χ4n) is 1.65. The van der Waals surface area contributed by atoms with Gasteiger partial charge in [0.1, 0.15) is 11.6 Å². The fraction of sp³-hybridized carbons (Fsp3) is 0.214. The van der Waals surface area contributed by atoms with Gasteiger partial charge >= 0.3 is 0 Å². The van der Waals surface area contributed by atoms with Gasteiger partial charge in [0.25, 0.3) is 0 Å². The third-order valence-electron chi connectivity index (χ3n) is 2.57. The number of pyridine rings is 1. The summed E-state index contributed by atoms with van der Waals surface area (Å²) in [6.45, 7) is 5.00. The largest absolute Gasteiger partial charge is 0.370 e. The van der Waals surface area contributed by atoms with Gasteiger partial charge in [-0.3, -0.25) is 0 Å². The molecule has 0 aliphatic carbocycles. The van der Waals surface area contributed by atoms with Gasteiger partial charge < -0.3 is 10.6 Å². The number of aromatic nitrogens is 1. The highest BCUT2D eigenvalue weighted by Crippen LogP contribution is 2.24. The number of benzene rings is 1. The first-order valence-electron chi connectivity index (χ1n) is 5.93. The molecule has 1 aromatic carbocycles. The van der Waals surface area contributed by atoms with Gasteiger partial charge in [0, 0.05) is 16.7 Å². The summed E-state index contributed by atoms with van der Waals surface area (Å²) < 4.78 is 1.05. The van der Waals surface area contributed by atoms with E-state index in [9.17, 15) is 0 Å². The molecule has 0 aliphatic rings. The summed E-state index contributed by atoms with van der Waals surface area (Å²) in [5.74, 6) is 1.73. The second-order valence-electron chi connectivity index (χ2n) is 4.02. The first kappa shape index (κ1) is 12.9. The molecule has 0 amide bonds. The average Bonchev–Trinajstić information content (AvgIpc) is 2.35. The zero-order chi connectivity index (χ0) is 13.0. The predicted octanol–water partition coefficient (Wildman–Crippen LogP) is 4.33. The zero-order valence-corrected chi connectivity index (χ0v) is 12.1. The SMILES string of the molecule is CCNc1cccc(Nc2cc(Br)ccc2C)n1. The molecule has 1 aromatic heterocycles. The van der Waals surface area contributed by atoms with E-state index in [2.05, 4.69) is 57.5 Å². The Morgan fingerprint density at radius 1 is 1.17 bits per heavy atom. The van der Waals surface area contributed by atoms with Crippen molar-refractivity contribution < 1.29 is 0 Å². The molecule has 4 heteroatoms. The van der Waals surface area contributed by atoms with E-state index in [1.54, 1.807) is 0 Å². The molecule has 2 N–H and O–H groups in total. The number of nitrogens with zero attached hydrogens (tertiary/aromatic N) is 1. The summed E-state index contributed by atoms with van der Waals surface area (Å²) in [5, 5.41) is 6.53. The molecule has 0 atom stereocenters. The number of hydrogen-bond donors (Lipinski definition) is 2. The number of halogens is 1. The van der Waals surface area contributed by atoms with Crippen LogP contribution in [0.3, 0.4) is 0 Å². The Bertz CT molecular complexity index is 540. The van der Waals surface area contributed by atoms with E-state index in [4.69, 9.17) is 0 Å². The van der Waals surface area contributed by atoms with E-state index in [-0.39, 0.29) is 0 Å². The second kappa shape index (κ2) is 5.87. The molecule has 0 saturated carbocycles. The first-order valence-corrected chi connectivity index (χ1v) is 6.72. The topological polar surface area (TPSA) is 37.0 Å². The van der Waals surface area contributed by atoms with Crippen LogP contribution in [0.25, 0.3) is 0 Å². The Hall–Kier alpha value is -1.55. The van der Waals surface area contributed by atoms with Crippen molar-refractivity contribution in [2.75, 3.05) is 17.2 Å². The summed E-state index contributed by atoms with van der Waals surface area (Å²) in [6, 6.07) is 12.1. The number of anilines is 3. The lowest BCUT2D eigenvalue weighted by Crippen LogP contribution is -2.01. The van der Waals surface area contributed by atoms with Gasteiger partial charge in [-0.15, -0.1) is 0 Å². The normalized spacial score (nSPS) is 10.2. The summed E-state index contributed by atoms with van der Waals surface area (Å²) in [6.07, 6.45) is 0. The molecule has 0 spiro atoms. The van der Waals surface area contributed by atoms with Gasteiger partial charge in [0.15, 0.2) is 0 Å². The van der Waals surface area contributed by atoms with Crippen LogP contribution < -0.4 is 10.6 Å². The maximum Gasteiger partial charge on any atom is 0.132 e. The molecular formula is C14H16BrN3. The van der Waals surface area contributed by atoms with Gasteiger partial charge in [-0.1, -0.05) is 28.1 Å². The van der Waals surface area contributed by atoms with Crippen molar-refractivity contribution in [2.24, 2.45) is 0 Å². The molecule has 0 radical (unpaired) electrons. The Morgan fingerprint density at radius 3 is 2.72 bits per heavy atom. The second-order valence-corrected chi connectivity index (χ2v) is 4.94. The molecule has 3 nitrogen and oxygen atoms in total. The van der Waals surface area contributed by atoms with Crippen molar-refractivity contribution in [3.05, 3.63) is 46.4 Å². The monoisotopic (exact) mass is 305 g/mol. The van der Waals surface area contributed by atoms with E-state index in [0.717, 1.165) is 28.3 Å². The highest BCUT2D eigenvalue weighted by Gasteiger charge is 2.01. The van der Waals surface area contributed by atoms with Gasteiger partial charge in [0.05, 0.1) is 0 Å². The molecule has 2 aromatic rings. The van der Waals surface area contributed by atoms with Crippen LogP contribution >= 0.6 is 15.9 Å². The summed E-state index contributed by atoms with van der Waals surface area (Å²) >= 11 is 3.48. The highest BCUT2D eigenvalue weighted by molar-refractivity contribution is 9.10. The highest BCUT2D eigenvalue weighted by atomic mass is 79.9. The predicted molar refractivity (Wildman–Crippen MR) is 80.6 cm³/mol. The van der Waals surface area contributed by atoms with Crippen molar-refractivity contribution >= 4 is 33.3 Å². The summed E-state index contributed by atoms with van der Waals surface area (Å²) in [4.78, 5) is 4.49. The van der Waals surface area contributed by atoms with Crippen molar-refractivity contribution in [1.29, 1.82) is 0 Å². The zero-order valence-electron chi connectivity index (χ0n) is 10.5. The van der Waals surface area contributed by atoms with E-state index >= 15 is 0 Å². The average molecular weight is 306 g/mol. The lowest BCUT2D eigenvalue weighted by molar-refractivity contribution is 1.16. The third kappa shape index (κ3) is 3.23. The molecule has 1 heterocycles. The molecule has 0 aliphatic heterocycles. The Morgan fingerprint density at radius 2 is 1.94 bits per heavy atom. The standard InChI is InChI=1S/C14H16BrN3/c1-3-16-13-5-4-6-14(18-13)17-12-9-11(15)8-7-10(12)2/h4-9H,3H2,1-2H3,(H2,16,17,18). The fourth-order valence-corrected chi connectivity index (χ4v) is 2.01.